The summed E-state index contributed by atoms with van der Waals surface area (Å²) in [6.45, 7) is 3.28. The fourth-order valence-corrected chi connectivity index (χ4v) is 2.33. The Labute approximate surface area is 188 Å². The number of carbonyl (C=O) groups excluding carboxylic acids is 1. The molecule has 2 fully saturated rings. The monoisotopic (exact) mass is 400 g/mol. The van der Waals surface area contributed by atoms with E-state index in [0.717, 1.165) is 0 Å². The summed E-state index contributed by atoms with van der Waals surface area (Å²) in [7, 11) is -1.43. The summed E-state index contributed by atoms with van der Waals surface area (Å²) in [5.74, 6) is -3.78. The maximum Gasteiger partial charge on any atom is 0.494 e. The van der Waals surface area contributed by atoms with E-state index in [9.17, 15) is 4.79 Å². The number of rotatable bonds is 2. The van der Waals surface area contributed by atoms with Gasteiger partial charge in [0.25, 0.3) is 0 Å². The molecule has 2 aliphatic heterocycles. The molecule has 2 aliphatic rings. The summed E-state index contributed by atoms with van der Waals surface area (Å²) < 4.78 is 129. The Morgan fingerprint density at radius 2 is 1.68 bits per heavy atom. The molecule has 28 heavy (non-hydrogen) atoms. The quantitative estimate of drug-likeness (QED) is 0.702. The number of piperidine rings is 1. The van der Waals surface area contributed by atoms with Crippen molar-refractivity contribution in [2.75, 3.05) is 13.0 Å². The van der Waals surface area contributed by atoms with E-state index in [1.165, 1.54) is 20.8 Å². The van der Waals surface area contributed by atoms with Gasteiger partial charge in [0.05, 0.1) is 16.7 Å². The van der Waals surface area contributed by atoms with Crippen LogP contribution in [0.1, 0.15) is 90.5 Å². The van der Waals surface area contributed by atoms with Gasteiger partial charge in [-0.25, -0.2) is 4.79 Å². The van der Waals surface area contributed by atoms with E-state index in [2.05, 4.69) is 0 Å². The molecule has 0 aromatic heterocycles. The SMILES string of the molecule is [2H]c1c([2H])c(C2([2H])C([2H])([2H])C([2H])([2H])N(C(=O)OC(C)(C)C)C([2H])([2H])C2([2H])[2H])c([2H])c([2H])c1B1OC(C)(C)C(C)(C)O1. The minimum atomic E-state index is -3.87. The third-order valence-electron chi connectivity index (χ3n) is 4.54. The van der Waals surface area contributed by atoms with E-state index in [-0.39, 0.29) is 4.90 Å². The summed E-state index contributed by atoms with van der Waals surface area (Å²) in [6, 6.07) is -3.96. The van der Waals surface area contributed by atoms with Crippen molar-refractivity contribution >= 4 is 18.7 Å². The van der Waals surface area contributed by atoms with E-state index in [1.807, 2.05) is 0 Å². The number of ether oxygens (including phenoxy) is 1. The zero-order valence-electron chi connectivity index (χ0n) is 30.2. The van der Waals surface area contributed by atoms with Crippen molar-refractivity contribution in [3.05, 3.63) is 29.7 Å². The van der Waals surface area contributed by atoms with E-state index in [1.54, 1.807) is 27.7 Å². The number of amides is 1. The summed E-state index contributed by atoms with van der Waals surface area (Å²) in [5, 5.41) is 0. The summed E-state index contributed by atoms with van der Waals surface area (Å²) in [5.41, 5.74) is -4.87. The van der Waals surface area contributed by atoms with Crippen LogP contribution in [0.5, 0.6) is 0 Å². The molecule has 2 saturated heterocycles. The number of hydrogen-bond acceptors (Lipinski definition) is 4. The second-order valence-electron chi connectivity index (χ2n) is 8.54. The average Bonchev–Trinajstić information content (AvgIpc) is 2.95. The lowest BCUT2D eigenvalue weighted by Crippen LogP contribution is -2.41. The first-order valence-corrected chi connectivity index (χ1v) is 8.95. The minimum Gasteiger partial charge on any atom is -0.444 e. The van der Waals surface area contributed by atoms with Crippen molar-refractivity contribution in [3.8, 4) is 0 Å². The number of hydrogen-bond donors (Lipinski definition) is 0. The van der Waals surface area contributed by atoms with E-state index < -0.39 is 96.8 Å². The maximum atomic E-state index is 13.0. The van der Waals surface area contributed by atoms with Gasteiger partial charge in [-0.1, -0.05) is 24.2 Å². The van der Waals surface area contributed by atoms with Gasteiger partial charge >= 0.3 is 13.2 Å². The normalized spacial score (nSPS) is 37.5. The van der Waals surface area contributed by atoms with Crippen molar-refractivity contribution in [1.29, 1.82) is 0 Å². The van der Waals surface area contributed by atoms with E-state index in [0.29, 0.717) is 0 Å². The van der Waals surface area contributed by atoms with Crippen LogP contribution in [0.2, 0.25) is 0 Å². The molecule has 0 saturated carbocycles. The van der Waals surface area contributed by atoms with Crippen LogP contribution in [-0.2, 0) is 14.0 Å². The highest BCUT2D eigenvalue weighted by Gasteiger charge is 2.51. The first-order chi connectivity index (χ1) is 18.0. The molecule has 0 bridgehead atoms. The fraction of sp³-hybridized carbons (Fsp3) is 0.682. The first kappa shape index (κ1) is 9.99. The van der Waals surface area contributed by atoms with Gasteiger partial charge in [-0.05, 0) is 78.1 Å². The van der Waals surface area contributed by atoms with Gasteiger partial charge in [0, 0.05) is 25.3 Å². The second kappa shape index (κ2) is 7.38. The van der Waals surface area contributed by atoms with Crippen LogP contribution in [0.15, 0.2) is 24.2 Å². The van der Waals surface area contributed by atoms with Crippen LogP contribution >= 0.6 is 0 Å². The molecule has 154 valence electrons. The Hall–Kier alpha value is -1.53. The van der Waals surface area contributed by atoms with E-state index in [4.69, 9.17) is 31.9 Å². The molecule has 0 unspecified atom stereocenters. The molecule has 1 amide bonds. The number of carbonyl (C=O) groups is 1. The van der Waals surface area contributed by atoms with Crippen LogP contribution < -0.4 is 5.46 Å². The molecule has 0 aliphatic carbocycles. The second-order valence-corrected chi connectivity index (χ2v) is 8.54. The zero-order chi connectivity index (χ0) is 32.3. The molecule has 0 N–H and O–H groups in total. The van der Waals surface area contributed by atoms with Crippen molar-refractivity contribution in [2.45, 2.75) is 83.9 Å². The summed E-state index contributed by atoms with van der Waals surface area (Å²) in [4.78, 5) is 12.6. The van der Waals surface area contributed by atoms with Gasteiger partial charge < -0.3 is 18.9 Å². The van der Waals surface area contributed by atoms with Crippen LogP contribution in [-0.4, -0.2) is 47.9 Å². The Morgan fingerprint density at radius 1 is 1.18 bits per heavy atom. The predicted octanol–water partition coefficient (Wildman–Crippen LogP) is 4.10. The Balaban J connectivity index is 2.35. The van der Waals surface area contributed by atoms with Crippen molar-refractivity contribution in [3.63, 3.8) is 0 Å². The van der Waals surface area contributed by atoms with E-state index >= 15 is 0 Å². The highest BCUT2D eigenvalue weighted by Crippen LogP contribution is 2.36. The molecule has 6 heteroatoms. The standard InChI is InChI=1S/C22H34BNO4/c1-20(2,3)26-19(25)24-14-12-17(13-15-24)16-8-10-18(11-9-16)23-27-21(4,5)22(6,7)28-23/h8-11,17H,12-15H2,1-7H3/i8D,9D,10D,11D,12D2,13D2,14D2,15D2,17D. The number of likely N-dealkylation sites (tertiary alicyclic amines) is 1. The van der Waals surface area contributed by atoms with Gasteiger partial charge in [-0.2, -0.15) is 0 Å². The van der Waals surface area contributed by atoms with Gasteiger partial charge in [-0.15, -0.1) is 0 Å². The summed E-state index contributed by atoms with van der Waals surface area (Å²) >= 11 is 0. The van der Waals surface area contributed by atoms with Crippen LogP contribution in [0.4, 0.5) is 4.79 Å². The van der Waals surface area contributed by atoms with Crippen molar-refractivity contribution < 1.29 is 36.7 Å². The predicted molar refractivity (Wildman–Crippen MR) is 112 cm³/mol. The van der Waals surface area contributed by atoms with Gasteiger partial charge in [0.2, 0.25) is 0 Å². The highest BCUT2D eigenvalue weighted by atomic mass is 16.7. The molecule has 1 aromatic rings. The Bertz CT molecular complexity index is 1210. The van der Waals surface area contributed by atoms with Gasteiger partial charge in [0.1, 0.15) is 5.60 Å². The van der Waals surface area contributed by atoms with Crippen molar-refractivity contribution in [1.82, 2.24) is 4.90 Å². The third kappa shape index (κ3) is 4.55. The Morgan fingerprint density at radius 3 is 2.14 bits per heavy atom. The molecule has 2 heterocycles. The zero-order valence-corrected chi connectivity index (χ0v) is 17.2. The molecule has 5 nitrogen and oxygen atoms in total. The van der Waals surface area contributed by atoms with Gasteiger partial charge in [-0.3, -0.25) is 0 Å². The molecule has 3 rings (SSSR count). The van der Waals surface area contributed by atoms with Crippen LogP contribution in [0.3, 0.4) is 0 Å². The van der Waals surface area contributed by atoms with Crippen molar-refractivity contribution in [2.24, 2.45) is 0 Å². The molecule has 0 radical (unpaired) electrons. The summed E-state index contributed by atoms with van der Waals surface area (Å²) in [6.07, 6.45) is -9.48. The maximum absolute atomic E-state index is 13.0. The lowest BCUT2D eigenvalue weighted by Gasteiger charge is -2.33. The topological polar surface area (TPSA) is 48.0 Å². The third-order valence-corrected chi connectivity index (χ3v) is 4.54. The highest BCUT2D eigenvalue weighted by molar-refractivity contribution is 6.62. The Kier molecular flexibility index (Phi) is 2.63. The first-order valence-electron chi connectivity index (χ1n) is 15.5. The molecule has 1 aromatic carbocycles. The lowest BCUT2D eigenvalue weighted by atomic mass is 9.77. The lowest BCUT2D eigenvalue weighted by molar-refractivity contribution is 0.00578. The van der Waals surface area contributed by atoms with Crippen LogP contribution in [0.25, 0.3) is 0 Å². The number of benzene rings is 1. The largest absolute Gasteiger partial charge is 0.494 e. The molecular weight excluding hydrogens is 353 g/mol. The molecule has 0 spiro atoms. The number of nitrogens with zero attached hydrogens (tertiary/aromatic N) is 1. The average molecular weight is 400 g/mol. The smallest absolute Gasteiger partial charge is 0.444 e. The molecular formula is C22H34BNO4. The minimum absolute atomic E-state index is 0.382. The molecule has 0 atom stereocenters. The van der Waals surface area contributed by atoms with Gasteiger partial charge in [0.15, 0.2) is 0 Å². The fourth-order valence-electron chi connectivity index (χ4n) is 2.33. The van der Waals surface area contributed by atoms with Crippen LogP contribution in [0, 0.1) is 0 Å².